The third-order valence-corrected chi connectivity index (χ3v) is 4.25. The molecule has 2 aromatic rings. The molecule has 0 amide bonds. The van der Waals surface area contributed by atoms with Crippen LogP contribution in [0, 0.1) is 17.7 Å². The lowest BCUT2D eigenvalue weighted by molar-refractivity contribution is 0.535. The monoisotopic (exact) mass is 273 g/mol. The van der Waals surface area contributed by atoms with Gasteiger partial charge in [0.25, 0.3) is 0 Å². The van der Waals surface area contributed by atoms with Crippen molar-refractivity contribution in [3.63, 3.8) is 0 Å². The summed E-state index contributed by atoms with van der Waals surface area (Å²) in [4.78, 5) is 4.28. The first kappa shape index (κ1) is 13.2. The molecule has 0 aliphatic heterocycles. The Hall–Kier alpha value is -1.84. The Labute approximate surface area is 118 Å². The zero-order chi connectivity index (χ0) is 14.1. The number of halogens is 1. The zero-order valence-electron chi connectivity index (χ0n) is 11.7. The number of rotatable bonds is 3. The lowest BCUT2D eigenvalue weighted by Gasteiger charge is -2.15. The Morgan fingerprint density at radius 3 is 3.05 bits per heavy atom. The van der Waals surface area contributed by atoms with E-state index in [1.165, 1.54) is 25.3 Å². The molecule has 0 spiro atoms. The minimum Gasteiger partial charge on any atom is -0.398 e. The Bertz CT molecular complexity index is 626. The molecule has 20 heavy (non-hydrogen) atoms. The van der Waals surface area contributed by atoms with Crippen LogP contribution in [0.15, 0.2) is 24.4 Å². The van der Waals surface area contributed by atoms with E-state index in [1.807, 2.05) is 12.1 Å². The fourth-order valence-electron chi connectivity index (χ4n) is 3.16. The Morgan fingerprint density at radius 1 is 1.45 bits per heavy atom. The molecule has 3 N–H and O–H groups in total. The zero-order valence-corrected chi connectivity index (χ0v) is 11.7. The number of nitrogens with two attached hydrogens (primary N) is 1. The number of anilines is 2. The number of benzene rings is 1. The number of nitrogens with one attached hydrogen (secondary N) is 1. The fraction of sp³-hybridized carbons (Fsp3) is 0.438. The van der Waals surface area contributed by atoms with Gasteiger partial charge in [0.15, 0.2) is 5.82 Å². The molecule has 1 fully saturated rings. The predicted octanol–water partition coefficient (Wildman–Crippen LogP) is 3.80. The van der Waals surface area contributed by atoms with Crippen molar-refractivity contribution in [2.45, 2.75) is 26.2 Å². The van der Waals surface area contributed by atoms with Gasteiger partial charge in [0.2, 0.25) is 0 Å². The predicted molar refractivity (Wildman–Crippen MR) is 81.1 cm³/mol. The standard InChI is InChI=1S/C16H20FN3/c1-10-4-5-11(7-10)9-20-16-13(17)8-14(18)12-3-2-6-19-15(12)16/h2-3,6,8,10-11,20H,4-5,7,9,18H2,1H3. The summed E-state index contributed by atoms with van der Waals surface area (Å²) < 4.78 is 14.1. The highest BCUT2D eigenvalue weighted by Crippen LogP contribution is 2.33. The topological polar surface area (TPSA) is 50.9 Å². The molecule has 0 saturated heterocycles. The van der Waals surface area contributed by atoms with Crippen LogP contribution in [0.4, 0.5) is 15.8 Å². The van der Waals surface area contributed by atoms with Gasteiger partial charge >= 0.3 is 0 Å². The summed E-state index contributed by atoms with van der Waals surface area (Å²) in [7, 11) is 0. The second kappa shape index (κ2) is 5.27. The van der Waals surface area contributed by atoms with Crippen LogP contribution < -0.4 is 11.1 Å². The Kier molecular flexibility index (Phi) is 3.47. The van der Waals surface area contributed by atoms with E-state index in [0.717, 1.165) is 17.8 Å². The van der Waals surface area contributed by atoms with Gasteiger partial charge in [0.05, 0.1) is 11.2 Å². The first-order valence-corrected chi connectivity index (χ1v) is 7.21. The second-order valence-corrected chi connectivity index (χ2v) is 5.89. The normalized spacial score (nSPS) is 22.3. The highest BCUT2D eigenvalue weighted by Gasteiger charge is 2.22. The van der Waals surface area contributed by atoms with E-state index in [1.54, 1.807) is 6.20 Å². The van der Waals surface area contributed by atoms with Gasteiger partial charge in [0.1, 0.15) is 0 Å². The van der Waals surface area contributed by atoms with Gasteiger partial charge in [-0.1, -0.05) is 13.3 Å². The summed E-state index contributed by atoms with van der Waals surface area (Å²) >= 11 is 0. The van der Waals surface area contributed by atoms with Crippen molar-refractivity contribution < 1.29 is 4.39 Å². The smallest absolute Gasteiger partial charge is 0.150 e. The minimum absolute atomic E-state index is 0.320. The summed E-state index contributed by atoms with van der Waals surface area (Å²) in [5.74, 6) is 1.09. The third-order valence-electron chi connectivity index (χ3n) is 4.25. The second-order valence-electron chi connectivity index (χ2n) is 5.89. The van der Waals surface area contributed by atoms with Gasteiger partial charge in [-0.2, -0.15) is 0 Å². The lowest BCUT2D eigenvalue weighted by atomic mass is 10.1. The summed E-state index contributed by atoms with van der Waals surface area (Å²) in [6, 6.07) is 5.07. The average molecular weight is 273 g/mol. The molecule has 1 aromatic heterocycles. The summed E-state index contributed by atoms with van der Waals surface area (Å²) in [6.45, 7) is 3.08. The molecule has 1 heterocycles. The maximum Gasteiger partial charge on any atom is 0.150 e. The summed E-state index contributed by atoms with van der Waals surface area (Å²) in [5.41, 5.74) is 7.39. The Morgan fingerprint density at radius 2 is 2.30 bits per heavy atom. The lowest BCUT2D eigenvalue weighted by Crippen LogP contribution is -2.13. The van der Waals surface area contributed by atoms with Gasteiger partial charge in [-0.25, -0.2) is 4.39 Å². The van der Waals surface area contributed by atoms with E-state index in [0.29, 0.717) is 22.8 Å². The van der Waals surface area contributed by atoms with E-state index >= 15 is 0 Å². The molecule has 3 rings (SSSR count). The molecule has 0 radical (unpaired) electrons. The van der Waals surface area contributed by atoms with Crippen molar-refractivity contribution >= 4 is 22.3 Å². The fourth-order valence-corrected chi connectivity index (χ4v) is 3.16. The largest absolute Gasteiger partial charge is 0.398 e. The molecule has 1 aliphatic carbocycles. The number of nitrogen functional groups attached to an aromatic ring is 1. The van der Waals surface area contributed by atoms with Crippen LogP contribution in [-0.4, -0.2) is 11.5 Å². The van der Waals surface area contributed by atoms with Crippen LogP contribution in [0.25, 0.3) is 10.9 Å². The van der Waals surface area contributed by atoms with Crippen LogP contribution in [0.2, 0.25) is 0 Å². The van der Waals surface area contributed by atoms with E-state index in [2.05, 4.69) is 17.2 Å². The van der Waals surface area contributed by atoms with Gasteiger partial charge in [-0.3, -0.25) is 4.98 Å². The molecule has 2 unspecified atom stereocenters. The maximum atomic E-state index is 14.1. The van der Waals surface area contributed by atoms with Crippen molar-refractivity contribution in [3.05, 3.63) is 30.2 Å². The number of hydrogen-bond acceptors (Lipinski definition) is 3. The van der Waals surface area contributed by atoms with Crippen LogP contribution >= 0.6 is 0 Å². The molecule has 106 valence electrons. The van der Waals surface area contributed by atoms with Crippen molar-refractivity contribution in [2.24, 2.45) is 11.8 Å². The molecule has 2 atom stereocenters. The van der Waals surface area contributed by atoms with E-state index < -0.39 is 0 Å². The van der Waals surface area contributed by atoms with Crippen molar-refractivity contribution in [1.82, 2.24) is 4.98 Å². The highest BCUT2D eigenvalue weighted by molar-refractivity contribution is 5.98. The van der Waals surface area contributed by atoms with Gasteiger partial charge < -0.3 is 11.1 Å². The first-order valence-electron chi connectivity index (χ1n) is 7.21. The van der Waals surface area contributed by atoms with E-state index in [-0.39, 0.29) is 5.82 Å². The number of hydrogen-bond donors (Lipinski definition) is 2. The number of pyridine rings is 1. The molecule has 0 bridgehead atoms. The van der Waals surface area contributed by atoms with Crippen LogP contribution in [0.1, 0.15) is 26.2 Å². The van der Waals surface area contributed by atoms with E-state index in [9.17, 15) is 4.39 Å². The number of fused-ring (bicyclic) bond motifs is 1. The van der Waals surface area contributed by atoms with E-state index in [4.69, 9.17) is 5.73 Å². The van der Waals surface area contributed by atoms with Gasteiger partial charge in [-0.15, -0.1) is 0 Å². The molecular formula is C16H20FN3. The molecular weight excluding hydrogens is 253 g/mol. The van der Waals surface area contributed by atoms with Crippen molar-refractivity contribution in [1.29, 1.82) is 0 Å². The number of nitrogens with zero attached hydrogens (tertiary/aromatic N) is 1. The molecule has 3 nitrogen and oxygen atoms in total. The molecule has 1 aromatic carbocycles. The van der Waals surface area contributed by atoms with Crippen molar-refractivity contribution in [2.75, 3.05) is 17.6 Å². The van der Waals surface area contributed by atoms with Gasteiger partial charge in [-0.05, 0) is 42.9 Å². The van der Waals surface area contributed by atoms with Crippen LogP contribution in [0.3, 0.4) is 0 Å². The quantitative estimate of drug-likeness (QED) is 0.836. The third kappa shape index (κ3) is 2.42. The number of aromatic nitrogens is 1. The van der Waals surface area contributed by atoms with Crippen LogP contribution in [-0.2, 0) is 0 Å². The summed E-state index contributed by atoms with van der Waals surface area (Å²) in [6.07, 6.45) is 5.38. The minimum atomic E-state index is -0.320. The molecule has 1 aliphatic rings. The SMILES string of the molecule is CC1CCC(CNc2c(F)cc(N)c3cccnc23)C1. The maximum absolute atomic E-state index is 14.1. The van der Waals surface area contributed by atoms with Crippen LogP contribution in [0.5, 0.6) is 0 Å². The van der Waals surface area contributed by atoms with Crippen molar-refractivity contribution in [3.8, 4) is 0 Å². The first-order chi connectivity index (χ1) is 9.65. The highest BCUT2D eigenvalue weighted by atomic mass is 19.1. The summed E-state index contributed by atoms with van der Waals surface area (Å²) in [5, 5.41) is 4.05. The molecule has 4 heteroatoms. The average Bonchev–Trinajstić information content (AvgIpc) is 2.84. The Balaban J connectivity index is 1.87. The molecule has 1 saturated carbocycles. The van der Waals surface area contributed by atoms with Gasteiger partial charge in [0, 0.05) is 23.8 Å².